The highest BCUT2D eigenvalue weighted by Gasteiger charge is 2.33. The number of fused-ring (bicyclic) bond motifs is 1. The topological polar surface area (TPSA) is 54.9 Å². The van der Waals surface area contributed by atoms with Gasteiger partial charge >= 0.3 is 6.18 Å². The van der Waals surface area contributed by atoms with Gasteiger partial charge in [-0.05, 0) is 50.2 Å². The third-order valence-corrected chi connectivity index (χ3v) is 3.71. The van der Waals surface area contributed by atoms with Crippen LogP contribution >= 0.6 is 0 Å². The van der Waals surface area contributed by atoms with Crippen molar-refractivity contribution in [1.29, 1.82) is 0 Å². The molecule has 0 fully saturated rings. The fraction of sp³-hybridized carbons (Fsp3) is 0.167. The number of hydrogen-bond donors (Lipinski definition) is 1. The van der Waals surface area contributed by atoms with E-state index in [9.17, 15) is 18.0 Å². The Morgan fingerprint density at radius 2 is 1.76 bits per heavy atom. The predicted molar refractivity (Wildman–Crippen MR) is 88.4 cm³/mol. The summed E-state index contributed by atoms with van der Waals surface area (Å²) in [5, 5.41) is 3.53. The van der Waals surface area contributed by atoms with Gasteiger partial charge in [0, 0.05) is 16.8 Å². The van der Waals surface area contributed by atoms with Crippen molar-refractivity contribution >= 4 is 22.5 Å². The summed E-state index contributed by atoms with van der Waals surface area (Å²) in [6.45, 7) is 3.26. The number of hydrogen-bond acceptors (Lipinski definition) is 3. The molecule has 0 aliphatic heterocycles. The summed E-state index contributed by atoms with van der Waals surface area (Å²) < 4.78 is 38.0. The molecular weight excluding hydrogens is 331 g/mol. The number of carbonyl (C=O) groups excluding carboxylic acids is 1. The number of halogens is 3. The quantitative estimate of drug-likeness (QED) is 0.743. The molecule has 0 spiro atoms. The summed E-state index contributed by atoms with van der Waals surface area (Å²) in [7, 11) is 0. The Balaban J connectivity index is 1.86. The second-order valence-corrected chi connectivity index (χ2v) is 5.64. The molecule has 1 aromatic carbocycles. The van der Waals surface area contributed by atoms with E-state index in [0.29, 0.717) is 5.69 Å². The Hall–Kier alpha value is -2.96. The highest BCUT2D eigenvalue weighted by atomic mass is 19.4. The summed E-state index contributed by atoms with van der Waals surface area (Å²) in [4.78, 5) is 20.2. The van der Waals surface area contributed by atoms with Crippen molar-refractivity contribution in [2.24, 2.45) is 0 Å². The number of benzene rings is 1. The molecule has 25 heavy (non-hydrogen) atoms. The van der Waals surface area contributed by atoms with Gasteiger partial charge < -0.3 is 5.32 Å². The van der Waals surface area contributed by atoms with Gasteiger partial charge in [0.25, 0.3) is 5.91 Å². The monoisotopic (exact) mass is 345 g/mol. The SMILES string of the molecule is Cc1ccc2cc(NC(=O)c3ccc(C(F)(F)F)nc3C)ccc2n1. The summed E-state index contributed by atoms with van der Waals surface area (Å²) >= 11 is 0. The van der Waals surface area contributed by atoms with Gasteiger partial charge in [-0.3, -0.25) is 9.78 Å². The van der Waals surface area contributed by atoms with Gasteiger partial charge in [-0.1, -0.05) is 6.07 Å². The van der Waals surface area contributed by atoms with Crippen LogP contribution in [0.25, 0.3) is 10.9 Å². The number of pyridine rings is 2. The van der Waals surface area contributed by atoms with Crippen molar-refractivity contribution in [2.75, 3.05) is 5.32 Å². The van der Waals surface area contributed by atoms with E-state index >= 15 is 0 Å². The normalized spacial score (nSPS) is 11.6. The lowest BCUT2D eigenvalue weighted by Gasteiger charge is -2.11. The molecule has 0 aliphatic carbocycles. The largest absolute Gasteiger partial charge is 0.433 e. The molecule has 0 bridgehead atoms. The maximum absolute atomic E-state index is 12.7. The van der Waals surface area contributed by atoms with Crippen LogP contribution in [0.2, 0.25) is 0 Å². The van der Waals surface area contributed by atoms with Crippen molar-refractivity contribution in [1.82, 2.24) is 9.97 Å². The molecule has 0 aliphatic rings. The smallest absolute Gasteiger partial charge is 0.322 e. The molecule has 2 heterocycles. The highest BCUT2D eigenvalue weighted by molar-refractivity contribution is 6.05. The molecule has 2 aromatic heterocycles. The van der Waals surface area contributed by atoms with Crippen LogP contribution in [0.4, 0.5) is 18.9 Å². The number of anilines is 1. The maximum atomic E-state index is 12.7. The second-order valence-electron chi connectivity index (χ2n) is 5.64. The van der Waals surface area contributed by atoms with Crippen LogP contribution in [-0.2, 0) is 6.18 Å². The molecule has 0 radical (unpaired) electrons. The molecule has 7 heteroatoms. The zero-order valence-electron chi connectivity index (χ0n) is 13.5. The molecule has 0 saturated carbocycles. The first-order chi connectivity index (χ1) is 11.7. The zero-order valence-corrected chi connectivity index (χ0v) is 13.5. The maximum Gasteiger partial charge on any atom is 0.433 e. The Morgan fingerprint density at radius 1 is 1.00 bits per heavy atom. The fourth-order valence-electron chi connectivity index (χ4n) is 2.46. The van der Waals surface area contributed by atoms with Gasteiger partial charge in [0.15, 0.2) is 0 Å². The number of amides is 1. The van der Waals surface area contributed by atoms with Crippen LogP contribution in [0.3, 0.4) is 0 Å². The first kappa shape index (κ1) is 16.9. The lowest BCUT2D eigenvalue weighted by Crippen LogP contribution is -2.16. The van der Waals surface area contributed by atoms with Gasteiger partial charge in [-0.25, -0.2) is 4.98 Å². The van der Waals surface area contributed by atoms with E-state index in [1.165, 1.54) is 6.92 Å². The summed E-state index contributed by atoms with van der Waals surface area (Å²) in [5.41, 5.74) is 1.30. The second kappa shape index (κ2) is 6.16. The predicted octanol–water partition coefficient (Wildman–Crippen LogP) is 4.52. The van der Waals surface area contributed by atoms with Crippen molar-refractivity contribution in [3.8, 4) is 0 Å². The minimum Gasteiger partial charge on any atom is -0.322 e. The van der Waals surface area contributed by atoms with Crippen molar-refractivity contribution < 1.29 is 18.0 Å². The molecule has 1 amide bonds. The van der Waals surface area contributed by atoms with Crippen LogP contribution in [0.5, 0.6) is 0 Å². The van der Waals surface area contributed by atoms with E-state index in [0.717, 1.165) is 28.7 Å². The number of alkyl halides is 3. The van der Waals surface area contributed by atoms with Gasteiger partial charge in [0.05, 0.1) is 16.8 Å². The van der Waals surface area contributed by atoms with Crippen LogP contribution in [-0.4, -0.2) is 15.9 Å². The van der Waals surface area contributed by atoms with Crippen molar-refractivity contribution in [3.05, 3.63) is 65.1 Å². The van der Waals surface area contributed by atoms with E-state index in [-0.39, 0.29) is 11.3 Å². The third-order valence-electron chi connectivity index (χ3n) is 3.71. The standard InChI is InChI=1S/C18H14F3N3O/c1-10-3-4-12-9-13(5-7-15(12)22-10)24-17(25)14-6-8-16(18(19,20)21)23-11(14)2/h3-9H,1-2H3,(H,24,25). The Morgan fingerprint density at radius 3 is 2.44 bits per heavy atom. The van der Waals surface area contributed by atoms with E-state index in [1.807, 2.05) is 19.1 Å². The number of carbonyl (C=O) groups is 1. The number of nitrogens with one attached hydrogen (secondary N) is 1. The Bertz CT molecular complexity index is 967. The third kappa shape index (κ3) is 3.60. The first-order valence-corrected chi connectivity index (χ1v) is 7.47. The molecule has 4 nitrogen and oxygen atoms in total. The van der Waals surface area contributed by atoms with Crippen LogP contribution in [0.15, 0.2) is 42.5 Å². The minimum absolute atomic E-state index is 0.0189. The summed E-state index contributed by atoms with van der Waals surface area (Å²) in [6, 6.07) is 10.9. The molecule has 128 valence electrons. The summed E-state index contributed by atoms with van der Waals surface area (Å²) in [6.07, 6.45) is -4.54. The molecule has 1 N–H and O–H groups in total. The summed E-state index contributed by atoms with van der Waals surface area (Å²) in [5.74, 6) is -0.516. The Kier molecular flexibility index (Phi) is 4.16. The molecule has 0 unspecified atom stereocenters. The van der Waals surface area contributed by atoms with Gasteiger partial charge in [0.2, 0.25) is 0 Å². The van der Waals surface area contributed by atoms with Crippen LogP contribution < -0.4 is 5.32 Å². The number of aryl methyl sites for hydroxylation is 2. The average molecular weight is 345 g/mol. The zero-order chi connectivity index (χ0) is 18.2. The highest BCUT2D eigenvalue weighted by Crippen LogP contribution is 2.28. The fourth-order valence-corrected chi connectivity index (χ4v) is 2.46. The van der Waals surface area contributed by atoms with E-state index in [2.05, 4.69) is 15.3 Å². The molecule has 0 saturated heterocycles. The number of rotatable bonds is 2. The lowest BCUT2D eigenvalue weighted by molar-refractivity contribution is -0.141. The lowest BCUT2D eigenvalue weighted by atomic mass is 10.1. The van der Waals surface area contributed by atoms with Gasteiger partial charge in [0.1, 0.15) is 5.69 Å². The minimum atomic E-state index is -4.54. The molecule has 0 atom stereocenters. The van der Waals surface area contributed by atoms with Crippen molar-refractivity contribution in [2.45, 2.75) is 20.0 Å². The Labute approximate surface area is 141 Å². The van der Waals surface area contributed by atoms with E-state index < -0.39 is 17.8 Å². The number of nitrogens with zero attached hydrogens (tertiary/aromatic N) is 2. The van der Waals surface area contributed by atoms with Gasteiger partial charge in [-0.15, -0.1) is 0 Å². The first-order valence-electron chi connectivity index (χ1n) is 7.47. The van der Waals surface area contributed by atoms with E-state index in [1.54, 1.807) is 18.2 Å². The molecule has 3 rings (SSSR count). The number of aromatic nitrogens is 2. The molecular formula is C18H14F3N3O. The van der Waals surface area contributed by atoms with Crippen LogP contribution in [0, 0.1) is 13.8 Å². The van der Waals surface area contributed by atoms with Crippen molar-refractivity contribution in [3.63, 3.8) is 0 Å². The van der Waals surface area contributed by atoms with Crippen LogP contribution in [0.1, 0.15) is 27.4 Å². The van der Waals surface area contributed by atoms with Gasteiger partial charge in [-0.2, -0.15) is 13.2 Å². The molecule has 3 aromatic rings. The van der Waals surface area contributed by atoms with E-state index in [4.69, 9.17) is 0 Å². The average Bonchev–Trinajstić information content (AvgIpc) is 2.54.